The molecule has 2 N–H and O–H groups in total. The second-order valence-electron chi connectivity index (χ2n) is 2.62. The van der Waals surface area contributed by atoms with Crippen molar-refractivity contribution >= 4 is 22.9 Å². The van der Waals surface area contributed by atoms with Crippen molar-refractivity contribution in [3.05, 3.63) is 24.3 Å². The molecule has 0 heterocycles. The first-order valence-electron chi connectivity index (χ1n) is 4.28. The molecule has 0 saturated carbocycles. The SMILES string of the molecule is CCOC(=O)Nc1ccc(S(=O)O)cc1. The predicted octanol–water partition coefficient (Wildman–Crippen LogP) is 1.84. The molecule has 15 heavy (non-hydrogen) atoms. The minimum absolute atomic E-state index is 0.282. The molecule has 0 fully saturated rings. The van der Waals surface area contributed by atoms with E-state index >= 15 is 0 Å². The highest BCUT2D eigenvalue weighted by molar-refractivity contribution is 7.79. The van der Waals surface area contributed by atoms with E-state index in [0.29, 0.717) is 12.3 Å². The summed E-state index contributed by atoms with van der Waals surface area (Å²) in [6.45, 7) is 2.00. The van der Waals surface area contributed by atoms with Gasteiger partial charge < -0.3 is 9.29 Å². The number of rotatable bonds is 3. The standard InChI is InChI=1S/C9H11NO4S/c1-2-14-9(11)10-7-3-5-8(6-4-7)15(12)13/h3-6H,2H2,1H3,(H,10,11)(H,12,13). The maximum atomic E-state index is 11.0. The summed E-state index contributed by atoms with van der Waals surface area (Å²) in [6.07, 6.45) is -0.546. The van der Waals surface area contributed by atoms with E-state index in [1.54, 1.807) is 6.92 Å². The Morgan fingerprint density at radius 2 is 2.07 bits per heavy atom. The van der Waals surface area contributed by atoms with Gasteiger partial charge in [-0.05, 0) is 31.2 Å². The zero-order valence-electron chi connectivity index (χ0n) is 8.10. The molecular formula is C9H11NO4S. The molecule has 0 radical (unpaired) electrons. The van der Waals surface area contributed by atoms with Gasteiger partial charge in [-0.25, -0.2) is 9.00 Å². The van der Waals surface area contributed by atoms with Gasteiger partial charge in [-0.3, -0.25) is 5.32 Å². The number of hydrogen-bond donors (Lipinski definition) is 2. The Labute approximate surface area is 89.7 Å². The second-order valence-corrected chi connectivity index (χ2v) is 3.59. The molecule has 1 unspecified atom stereocenters. The molecule has 0 aliphatic heterocycles. The van der Waals surface area contributed by atoms with Crippen LogP contribution in [-0.2, 0) is 15.8 Å². The Morgan fingerprint density at radius 1 is 1.47 bits per heavy atom. The van der Waals surface area contributed by atoms with Gasteiger partial charge in [0.05, 0.1) is 11.5 Å². The molecule has 1 aromatic carbocycles. The molecule has 1 atom stereocenters. The summed E-state index contributed by atoms with van der Waals surface area (Å²) in [6, 6.07) is 5.97. The number of amides is 1. The summed E-state index contributed by atoms with van der Waals surface area (Å²) in [4.78, 5) is 11.3. The van der Waals surface area contributed by atoms with Gasteiger partial charge in [0.1, 0.15) is 0 Å². The number of ether oxygens (including phenoxy) is 1. The van der Waals surface area contributed by atoms with Gasteiger partial charge in [-0.1, -0.05) is 0 Å². The van der Waals surface area contributed by atoms with Crippen molar-refractivity contribution in [2.24, 2.45) is 0 Å². The van der Waals surface area contributed by atoms with Gasteiger partial charge in [0.15, 0.2) is 11.1 Å². The molecule has 0 aromatic heterocycles. The highest BCUT2D eigenvalue weighted by Crippen LogP contribution is 2.11. The van der Waals surface area contributed by atoms with Crippen LogP contribution < -0.4 is 5.32 Å². The van der Waals surface area contributed by atoms with Crippen LogP contribution in [0.5, 0.6) is 0 Å². The molecule has 1 amide bonds. The molecule has 5 nitrogen and oxygen atoms in total. The lowest BCUT2D eigenvalue weighted by Crippen LogP contribution is -2.13. The van der Waals surface area contributed by atoms with E-state index in [2.05, 4.69) is 10.1 Å². The Bertz CT molecular complexity index is 363. The summed E-state index contributed by atoms with van der Waals surface area (Å²) in [7, 11) is 0. The van der Waals surface area contributed by atoms with Crippen molar-refractivity contribution in [3.8, 4) is 0 Å². The van der Waals surface area contributed by atoms with E-state index in [1.165, 1.54) is 24.3 Å². The van der Waals surface area contributed by atoms with E-state index in [0.717, 1.165) is 0 Å². The second kappa shape index (κ2) is 5.47. The van der Waals surface area contributed by atoms with Crippen molar-refractivity contribution in [3.63, 3.8) is 0 Å². The van der Waals surface area contributed by atoms with Gasteiger partial charge in [0.25, 0.3) is 0 Å². The maximum Gasteiger partial charge on any atom is 0.411 e. The van der Waals surface area contributed by atoms with Crippen molar-refractivity contribution < 1.29 is 18.3 Å². The molecule has 0 aliphatic carbocycles. The van der Waals surface area contributed by atoms with E-state index < -0.39 is 17.2 Å². The Kier molecular flexibility index (Phi) is 4.26. The number of anilines is 1. The van der Waals surface area contributed by atoms with Crippen molar-refractivity contribution in [2.75, 3.05) is 11.9 Å². The van der Waals surface area contributed by atoms with Crippen LogP contribution in [0.15, 0.2) is 29.2 Å². The lowest BCUT2D eigenvalue weighted by atomic mass is 10.3. The predicted molar refractivity (Wildman–Crippen MR) is 56.1 cm³/mol. The zero-order valence-corrected chi connectivity index (χ0v) is 8.91. The number of carbonyl (C=O) groups excluding carboxylic acids is 1. The van der Waals surface area contributed by atoms with E-state index in [-0.39, 0.29) is 4.90 Å². The summed E-state index contributed by atoms with van der Waals surface area (Å²) in [5.74, 6) is 0. The van der Waals surface area contributed by atoms with Crippen LogP contribution in [0.3, 0.4) is 0 Å². The first kappa shape index (κ1) is 11.7. The number of hydrogen-bond acceptors (Lipinski definition) is 3. The molecule has 0 saturated heterocycles. The molecule has 0 aliphatic rings. The van der Waals surface area contributed by atoms with Crippen molar-refractivity contribution in [2.45, 2.75) is 11.8 Å². The minimum atomic E-state index is -2.00. The Balaban J connectivity index is 2.64. The third-order valence-corrected chi connectivity index (χ3v) is 2.25. The van der Waals surface area contributed by atoms with Gasteiger partial charge >= 0.3 is 6.09 Å². The monoisotopic (exact) mass is 229 g/mol. The summed E-state index contributed by atoms with van der Waals surface area (Å²) >= 11 is -2.00. The van der Waals surface area contributed by atoms with Gasteiger partial charge in [-0.15, -0.1) is 0 Å². The van der Waals surface area contributed by atoms with Crippen LogP contribution in [-0.4, -0.2) is 21.5 Å². The zero-order chi connectivity index (χ0) is 11.3. The van der Waals surface area contributed by atoms with Crippen LogP contribution in [0.4, 0.5) is 10.5 Å². The molecular weight excluding hydrogens is 218 g/mol. The molecule has 6 heteroatoms. The Morgan fingerprint density at radius 3 is 2.53 bits per heavy atom. The fourth-order valence-corrected chi connectivity index (χ4v) is 1.31. The quantitative estimate of drug-likeness (QED) is 0.775. The van der Waals surface area contributed by atoms with E-state index in [1.807, 2.05) is 0 Å². The van der Waals surface area contributed by atoms with Gasteiger partial charge in [0.2, 0.25) is 0 Å². The highest BCUT2D eigenvalue weighted by Gasteiger charge is 2.03. The van der Waals surface area contributed by atoms with E-state index in [9.17, 15) is 9.00 Å². The number of nitrogens with one attached hydrogen (secondary N) is 1. The molecule has 0 spiro atoms. The van der Waals surface area contributed by atoms with Gasteiger partial charge in [-0.2, -0.15) is 0 Å². The smallest absolute Gasteiger partial charge is 0.411 e. The van der Waals surface area contributed by atoms with Crippen LogP contribution in [0.2, 0.25) is 0 Å². The van der Waals surface area contributed by atoms with Crippen molar-refractivity contribution in [1.82, 2.24) is 0 Å². The fourth-order valence-electron chi connectivity index (χ4n) is 0.940. The minimum Gasteiger partial charge on any atom is -0.450 e. The lowest BCUT2D eigenvalue weighted by Gasteiger charge is -2.04. The van der Waals surface area contributed by atoms with Crippen LogP contribution in [0.25, 0.3) is 0 Å². The summed E-state index contributed by atoms with van der Waals surface area (Å²) in [5, 5.41) is 2.47. The van der Waals surface area contributed by atoms with Gasteiger partial charge in [0, 0.05) is 5.69 Å². The third kappa shape index (κ3) is 3.69. The average Bonchev–Trinajstić information content (AvgIpc) is 2.18. The molecule has 0 bridgehead atoms. The highest BCUT2D eigenvalue weighted by atomic mass is 32.2. The lowest BCUT2D eigenvalue weighted by molar-refractivity contribution is 0.168. The average molecular weight is 229 g/mol. The molecule has 1 rings (SSSR count). The molecule has 1 aromatic rings. The maximum absolute atomic E-state index is 11.0. The normalized spacial score (nSPS) is 11.9. The summed E-state index contributed by atoms with van der Waals surface area (Å²) < 4.78 is 24.0. The largest absolute Gasteiger partial charge is 0.450 e. The summed E-state index contributed by atoms with van der Waals surface area (Å²) in [5.41, 5.74) is 0.516. The topological polar surface area (TPSA) is 75.6 Å². The van der Waals surface area contributed by atoms with Crippen LogP contribution in [0, 0.1) is 0 Å². The third-order valence-electron chi connectivity index (χ3n) is 1.58. The number of carbonyl (C=O) groups is 1. The van der Waals surface area contributed by atoms with E-state index in [4.69, 9.17) is 4.55 Å². The first-order chi connectivity index (χ1) is 7.13. The van der Waals surface area contributed by atoms with Crippen LogP contribution in [0.1, 0.15) is 6.92 Å². The molecule has 82 valence electrons. The number of benzene rings is 1. The fraction of sp³-hybridized carbons (Fsp3) is 0.222. The Hall–Kier alpha value is -1.40. The first-order valence-corrected chi connectivity index (χ1v) is 5.39. The van der Waals surface area contributed by atoms with Crippen LogP contribution >= 0.6 is 0 Å². The van der Waals surface area contributed by atoms with Crippen molar-refractivity contribution in [1.29, 1.82) is 0 Å².